The van der Waals surface area contributed by atoms with Gasteiger partial charge < -0.3 is 4.90 Å². The Morgan fingerprint density at radius 2 is 2.00 bits per heavy atom. The first kappa shape index (κ1) is 8.48. The van der Waals surface area contributed by atoms with Gasteiger partial charge >= 0.3 is 0 Å². The van der Waals surface area contributed by atoms with E-state index in [1.807, 2.05) is 0 Å². The van der Waals surface area contributed by atoms with Crippen molar-refractivity contribution in [3.63, 3.8) is 0 Å². The van der Waals surface area contributed by atoms with Gasteiger partial charge in [0.1, 0.15) is 0 Å². The first-order valence-corrected chi connectivity index (χ1v) is 4.37. The van der Waals surface area contributed by atoms with Crippen molar-refractivity contribution in [2.24, 2.45) is 0 Å². The second-order valence-electron chi connectivity index (χ2n) is 3.42. The number of anilines is 1. The van der Waals surface area contributed by atoms with Gasteiger partial charge in [-0.15, -0.1) is 0 Å². The zero-order valence-corrected chi connectivity index (χ0v) is 7.43. The standard InChI is InChI=1S/C10H11F2N/c1-13(7-5-6-7)9-4-2-3-8(11)10(9)12/h2-4,7H,5-6H2,1H3. The molecule has 0 N–H and O–H groups in total. The lowest BCUT2D eigenvalue weighted by Gasteiger charge is -2.19. The summed E-state index contributed by atoms with van der Waals surface area (Å²) >= 11 is 0. The molecule has 1 saturated carbocycles. The van der Waals surface area contributed by atoms with Crippen molar-refractivity contribution < 1.29 is 8.78 Å². The fourth-order valence-electron chi connectivity index (χ4n) is 1.42. The molecule has 0 aromatic heterocycles. The van der Waals surface area contributed by atoms with Crippen LogP contribution in [0.2, 0.25) is 0 Å². The van der Waals surface area contributed by atoms with E-state index in [2.05, 4.69) is 0 Å². The normalized spacial score (nSPS) is 15.9. The number of hydrogen-bond donors (Lipinski definition) is 0. The summed E-state index contributed by atoms with van der Waals surface area (Å²) < 4.78 is 26.0. The molecule has 3 heteroatoms. The Morgan fingerprint density at radius 3 is 2.62 bits per heavy atom. The molecule has 0 unspecified atom stereocenters. The van der Waals surface area contributed by atoms with Gasteiger partial charge in [-0.25, -0.2) is 8.78 Å². The van der Waals surface area contributed by atoms with Crippen molar-refractivity contribution in [2.75, 3.05) is 11.9 Å². The lowest BCUT2D eigenvalue weighted by Crippen LogP contribution is -2.20. The van der Waals surface area contributed by atoms with Crippen molar-refractivity contribution in [3.05, 3.63) is 29.8 Å². The molecule has 70 valence electrons. The van der Waals surface area contributed by atoms with Crippen molar-refractivity contribution in [1.82, 2.24) is 0 Å². The molecule has 0 heterocycles. The molecule has 1 aliphatic rings. The summed E-state index contributed by atoms with van der Waals surface area (Å²) in [6.07, 6.45) is 2.15. The minimum absolute atomic E-state index is 0.363. The molecular weight excluding hydrogens is 172 g/mol. The van der Waals surface area contributed by atoms with E-state index in [0.29, 0.717) is 11.7 Å². The van der Waals surface area contributed by atoms with Crippen LogP contribution in [0.25, 0.3) is 0 Å². The summed E-state index contributed by atoms with van der Waals surface area (Å²) in [6.45, 7) is 0. The fourth-order valence-corrected chi connectivity index (χ4v) is 1.42. The first-order chi connectivity index (χ1) is 6.20. The van der Waals surface area contributed by atoms with Gasteiger partial charge in [-0.2, -0.15) is 0 Å². The maximum Gasteiger partial charge on any atom is 0.182 e. The third kappa shape index (κ3) is 1.50. The number of hydrogen-bond acceptors (Lipinski definition) is 1. The maximum absolute atomic E-state index is 13.2. The minimum atomic E-state index is -0.773. The summed E-state index contributed by atoms with van der Waals surface area (Å²) in [4.78, 5) is 1.80. The van der Waals surface area contributed by atoms with Gasteiger partial charge in [-0.3, -0.25) is 0 Å². The van der Waals surface area contributed by atoms with Gasteiger partial charge in [0.15, 0.2) is 11.6 Å². The molecule has 2 rings (SSSR count). The predicted molar refractivity (Wildman–Crippen MR) is 47.8 cm³/mol. The molecule has 0 saturated heterocycles. The molecule has 0 bridgehead atoms. The molecule has 1 fully saturated rings. The van der Waals surface area contributed by atoms with E-state index in [4.69, 9.17) is 0 Å². The monoisotopic (exact) mass is 183 g/mol. The highest BCUT2D eigenvalue weighted by Gasteiger charge is 2.28. The SMILES string of the molecule is CN(c1cccc(F)c1F)C1CC1. The summed E-state index contributed by atoms with van der Waals surface area (Å²) in [6, 6.07) is 4.68. The van der Waals surface area contributed by atoms with E-state index in [9.17, 15) is 8.78 Å². The number of benzene rings is 1. The Bertz CT molecular complexity index is 321. The van der Waals surface area contributed by atoms with Crippen LogP contribution in [-0.4, -0.2) is 13.1 Å². The van der Waals surface area contributed by atoms with Crippen LogP contribution in [0.3, 0.4) is 0 Å². The Kier molecular flexibility index (Phi) is 1.94. The van der Waals surface area contributed by atoms with Gasteiger partial charge in [0.2, 0.25) is 0 Å². The molecule has 1 aromatic rings. The topological polar surface area (TPSA) is 3.24 Å². The quantitative estimate of drug-likeness (QED) is 0.681. The molecule has 0 radical (unpaired) electrons. The Labute approximate surface area is 76.0 Å². The number of nitrogens with zero attached hydrogens (tertiary/aromatic N) is 1. The lowest BCUT2D eigenvalue weighted by molar-refractivity contribution is 0.507. The van der Waals surface area contributed by atoms with E-state index in [-0.39, 0.29) is 0 Å². The zero-order chi connectivity index (χ0) is 9.42. The second-order valence-corrected chi connectivity index (χ2v) is 3.42. The second kappa shape index (κ2) is 2.98. The molecule has 1 nitrogen and oxygen atoms in total. The highest BCUT2D eigenvalue weighted by atomic mass is 19.2. The average molecular weight is 183 g/mol. The Balaban J connectivity index is 2.32. The van der Waals surface area contributed by atoms with Gasteiger partial charge in [0.05, 0.1) is 5.69 Å². The summed E-state index contributed by atoms with van der Waals surface area (Å²) in [5, 5.41) is 0. The van der Waals surface area contributed by atoms with E-state index < -0.39 is 11.6 Å². The van der Waals surface area contributed by atoms with Crippen LogP contribution in [0.4, 0.5) is 14.5 Å². The van der Waals surface area contributed by atoms with Crippen molar-refractivity contribution in [2.45, 2.75) is 18.9 Å². The van der Waals surface area contributed by atoms with E-state index in [0.717, 1.165) is 18.9 Å². The number of rotatable bonds is 2. The molecule has 0 spiro atoms. The summed E-state index contributed by atoms with van der Waals surface area (Å²) in [7, 11) is 1.80. The van der Waals surface area contributed by atoms with Crippen molar-refractivity contribution in [1.29, 1.82) is 0 Å². The van der Waals surface area contributed by atoms with Crippen LogP contribution >= 0.6 is 0 Å². The molecule has 0 aliphatic heterocycles. The zero-order valence-electron chi connectivity index (χ0n) is 7.43. The Hall–Kier alpha value is -1.12. The van der Waals surface area contributed by atoms with Gasteiger partial charge in [0, 0.05) is 13.1 Å². The molecule has 13 heavy (non-hydrogen) atoms. The molecule has 1 aliphatic carbocycles. The van der Waals surface area contributed by atoms with E-state index in [1.54, 1.807) is 18.0 Å². The van der Waals surface area contributed by atoms with Crippen LogP contribution in [0.5, 0.6) is 0 Å². The van der Waals surface area contributed by atoms with E-state index in [1.165, 1.54) is 6.07 Å². The fraction of sp³-hybridized carbons (Fsp3) is 0.400. The average Bonchev–Trinajstić information content (AvgIpc) is 2.91. The third-order valence-corrected chi connectivity index (χ3v) is 2.41. The van der Waals surface area contributed by atoms with Gasteiger partial charge in [-0.1, -0.05) is 6.07 Å². The third-order valence-electron chi connectivity index (χ3n) is 2.41. The predicted octanol–water partition coefficient (Wildman–Crippen LogP) is 2.56. The number of halogens is 2. The highest BCUT2D eigenvalue weighted by Crippen LogP contribution is 2.31. The summed E-state index contributed by atoms with van der Waals surface area (Å²) in [5.74, 6) is -1.51. The highest BCUT2D eigenvalue weighted by molar-refractivity contribution is 5.49. The van der Waals surface area contributed by atoms with Gasteiger partial charge in [-0.05, 0) is 25.0 Å². The summed E-state index contributed by atoms with van der Waals surface area (Å²) in [5.41, 5.74) is 0.363. The van der Waals surface area contributed by atoms with Crippen LogP contribution in [-0.2, 0) is 0 Å². The van der Waals surface area contributed by atoms with Crippen LogP contribution in [0, 0.1) is 11.6 Å². The molecule has 0 atom stereocenters. The minimum Gasteiger partial charge on any atom is -0.369 e. The first-order valence-electron chi connectivity index (χ1n) is 4.37. The van der Waals surface area contributed by atoms with Crippen molar-refractivity contribution in [3.8, 4) is 0 Å². The molecule has 1 aromatic carbocycles. The lowest BCUT2D eigenvalue weighted by atomic mass is 10.2. The van der Waals surface area contributed by atoms with Crippen LogP contribution in [0.15, 0.2) is 18.2 Å². The molecule has 0 amide bonds. The van der Waals surface area contributed by atoms with Gasteiger partial charge in [0.25, 0.3) is 0 Å². The van der Waals surface area contributed by atoms with Crippen LogP contribution in [0.1, 0.15) is 12.8 Å². The molecular formula is C10H11F2N. The Morgan fingerprint density at radius 1 is 1.31 bits per heavy atom. The van der Waals surface area contributed by atoms with E-state index >= 15 is 0 Å². The van der Waals surface area contributed by atoms with Crippen molar-refractivity contribution >= 4 is 5.69 Å². The smallest absolute Gasteiger partial charge is 0.182 e. The van der Waals surface area contributed by atoms with Crippen LogP contribution < -0.4 is 4.90 Å². The largest absolute Gasteiger partial charge is 0.369 e. The maximum atomic E-state index is 13.2.